The molecule has 0 spiro atoms. The molecule has 0 aliphatic rings. The van der Waals surface area contributed by atoms with Crippen molar-refractivity contribution in [1.29, 1.82) is 0 Å². The topological polar surface area (TPSA) is 9.23 Å². The SMILES string of the molecule is CC.c1ccc(COCc2ccccc2)cc1. The molecule has 0 unspecified atom stereocenters. The van der Waals surface area contributed by atoms with Crippen molar-refractivity contribution in [1.82, 2.24) is 0 Å². The molecule has 2 aromatic carbocycles. The number of rotatable bonds is 4. The molecule has 0 amide bonds. The first kappa shape index (κ1) is 13.5. The van der Waals surface area contributed by atoms with E-state index in [9.17, 15) is 0 Å². The molecule has 0 aliphatic heterocycles. The van der Waals surface area contributed by atoms with Gasteiger partial charge in [0.1, 0.15) is 0 Å². The van der Waals surface area contributed by atoms with E-state index >= 15 is 0 Å². The summed E-state index contributed by atoms with van der Waals surface area (Å²) in [6, 6.07) is 20.4. The molecule has 0 heterocycles. The first-order valence-electron chi connectivity index (χ1n) is 6.11. The highest BCUT2D eigenvalue weighted by Gasteiger charge is 1.93. The average Bonchev–Trinajstić information content (AvgIpc) is 2.43. The van der Waals surface area contributed by atoms with Crippen molar-refractivity contribution in [3.05, 3.63) is 71.8 Å². The number of benzene rings is 2. The minimum Gasteiger partial charge on any atom is -0.372 e. The highest BCUT2D eigenvalue weighted by molar-refractivity contribution is 5.15. The Balaban J connectivity index is 0.000000686. The molecule has 2 aromatic rings. The third-order valence-corrected chi connectivity index (χ3v) is 2.22. The highest BCUT2D eigenvalue weighted by Crippen LogP contribution is 2.05. The molecule has 0 saturated carbocycles. The molecule has 0 aromatic heterocycles. The smallest absolute Gasteiger partial charge is 0.0721 e. The van der Waals surface area contributed by atoms with Crippen molar-refractivity contribution in [2.24, 2.45) is 0 Å². The van der Waals surface area contributed by atoms with Gasteiger partial charge in [0.2, 0.25) is 0 Å². The van der Waals surface area contributed by atoms with E-state index in [1.54, 1.807) is 0 Å². The van der Waals surface area contributed by atoms with E-state index in [4.69, 9.17) is 4.74 Å². The van der Waals surface area contributed by atoms with E-state index in [-0.39, 0.29) is 0 Å². The first-order valence-corrected chi connectivity index (χ1v) is 6.11. The van der Waals surface area contributed by atoms with Crippen molar-refractivity contribution in [2.75, 3.05) is 0 Å². The maximum atomic E-state index is 5.61. The fourth-order valence-electron chi connectivity index (χ4n) is 1.44. The van der Waals surface area contributed by atoms with Crippen LogP contribution in [0.2, 0.25) is 0 Å². The summed E-state index contributed by atoms with van der Waals surface area (Å²) in [6.07, 6.45) is 0. The van der Waals surface area contributed by atoms with Crippen LogP contribution in [0.3, 0.4) is 0 Å². The van der Waals surface area contributed by atoms with Crippen LogP contribution >= 0.6 is 0 Å². The van der Waals surface area contributed by atoms with Crippen molar-refractivity contribution in [2.45, 2.75) is 27.1 Å². The molecule has 0 atom stereocenters. The van der Waals surface area contributed by atoms with Gasteiger partial charge in [0, 0.05) is 0 Å². The second-order valence-electron chi connectivity index (χ2n) is 3.46. The van der Waals surface area contributed by atoms with E-state index in [0.29, 0.717) is 13.2 Å². The predicted octanol–water partition coefficient (Wildman–Crippen LogP) is 4.43. The predicted molar refractivity (Wildman–Crippen MR) is 72.7 cm³/mol. The van der Waals surface area contributed by atoms with Gasteiger partial charge in [0.05, 0.1) is 13.2 Å². The van der Waals surface area contributed by atoms with Gasteiger partial charge in [-0.15, -0.1) is 0 Å². The Morgan fingerprint density at radius 1 is 0.647 bits per heavy atom. The van der Waals surface area contributed by atoms with Crippen LogP contribution in [0.5, 0.6) is 0 Å². The van der Waals surface area contributed by atoms with Crippen LogP contribution in [0.25, 0.3) is 0 Å². The van der Waals surface area contributed by atoms with E-state index in [1.165, 1.54) is 11.1 Å². The minimum atomic E-state index is 0.676. The largest absolute Gasteiger partial charge is 0.372 e. The van der Waals surface area contributed by atoms with Gasteiger partial charge < -0.3 is 4.74 Å². The van der Waals surface area contributed by atoms with Crippen LogP contribution in [0, 0.1) is 0 Å². The van der Waals surface area contributed by atoms with Gasteiger partial charge in [-0.25, -0.2) is 0 Å². The average molecular weight is 228 g/mol. The minimum absolute atomic E-state index is 0.676. The normalized spacial score (nSPS) is 9.29. The van der Waals surface area contributed by atoms with E-state index in [2.05, 4.69) is 24.3 Å². The zero-order valence-electron chi connectivity index (χ0n) is 10.6. The Morgan fingerprint density at radius 2 is 1.00 bits per heavy atom. The summed E-state index contributed by atoms with van der Waals surface area (Å²) in [5.74, 6) is 0. The molecular weight excluding hydrogens is 208 g/mol. The van der Waals surface area contributed by atoms with Gasteiger partial charge >= 0.3 is 0 Å². The lowest BCUT2D eigenvalue weighted by Gasteiger charge is -2.03. The molecule has 17 heavy (non-hydrogen) atoms. The summed E-state index contributed by atoms with van der Waals surface area (Å²) < 4.78 is 5.61. The lowest BCUT2D eigenvalue weighted by atomic mass is 10.2. The molecule has 0 radical (unpaired) electrons. The molecule has 2 rings (SSSR count). The standard InChI is InChI=1S/C14H14O.C2H6/c1-3-7-13(8-4-1)11-15-12-14-9-5-2-6-10-14;1-2/h1-10H,11-12H2;1-2H3. The zero-order valence-corrected chi connectivity index (χ0v) is 10.6. The lowest BCUT2D eigenvalue weighted by Crippen LogP contribution is -1.93. The third-order valence-electron chi connectivity index (χ3n) is 2.22. The fraction of sp³-hybridized carbons (Fsp3) is 0.250. The lowest BCUT2D eigenvalue weighted by molar-refractivity contribution is 0.107. The molecule has 0 aliphatic carbocycles. The van der Waals surface area contributed by atoms with Crippen molar-refractivity contribution >= 4 is 0 Å². The van der Waals surface area contributed by atoms with Crippen molar-refractivity contribution in [3.8, 4) is 0 Å². The zero-order chi connectivity index (χ0) is 12.3. The Kier molecular flexibility index (Phi) is 6.76. The summed E-state index contributed by atoms with van der Waals surface area (Å²) >= 11 is 0. The molecule has 0 fully saturated rings. The first-order chi connectivity index (χ1) is 8.45. The molecular formula is C16H20O. The second-order valence-corrected chi connectivity index (χ2v) is 3.46. The van der Waals surface area contributed by atoms with E-state index in [0.717, 1.165) is 0 Å². The molecule has 1 heteroatoms. The Morgan fingerprint density at radius 3 is 1.35 bits per heavy atom. The van der Waals surface area contributed by atoms with Gasteiger partial charge in [-0.1, -0.05) is 74.5 Å². The van der Waals surface area contributed by atoms with Gasteiger partial charge in [0.25, 0.3) is 0 Å². The molecule has 0 N–H and O–H groups in total. The quantitative estimate of drug-likeness (QED) is 0.752. The van der Waals surface area contributed by atoms with Crippen LogP contribution in [0.1, 0.15) is 25.0 Å². The van der Waals surface area contributed by atoms with E-state index in [1.807, 2.05) is 50.2 Å². The van der Waals surface area contributed by atoms with Gasteiger partial charge in [0.15, 0.2) is 0 Å². The fourth-order valence-corrected chi connectivity index (χ4v) is 1.44. The van der Waals surface area contributed by atoms with E-state index < -0.39 is 0 Å². The summed E-state index contributed by atoms with van der Waals surface area (Å²) in [7, 11) is 0. The van der Waals surface area contributed by atoms with Crippen LogP contribution in [-0.4, -0.2) is 0 Å². The van der Waals surface area contributed by atoms with Crippen LogP contribution in [0.15, 0.2) is 60.7 Å². The Bertz CT molecular complexity index is 341. The maximum absolute atomic E-state index is 5.61. The van der Waals surface area contributed by atoms with Crippen LogP contribution < -0.4 is 0 Å². The maximum Gasteiger partial charge on any atom is 0.0721 e. The summed E-state index contributed by atoms with van der Waals surface area (Å²) in [6.45, 7) is 5.35. The number of hydrogen-bond donors (Lipinski definition) is 0. The van der Waals surface area contributed by atoms with Gasteiger partial charge in [-0.3, -0.25) is 0 Å². The summed E-state index contributed by atoms with van der Waals surface area (Å²) in [5, 5.41) is 0. The van der Waals surface area contributed by atoms with Crippen LogP contribution in [-0.2, 0) is 18.0 Å². The Labute approximate surface area is 104 Å². The summed E-state index contributed by atoms with van der Waals surface area (Å²) in [5.41, 5.74) is 2.43. The van der Waals surface area contributed by atoms with Gasteiger partial charge in [-0.05, 0) is 11.1 Å². The molecule has 90 valence electrons. The second kappa shape index (κ2) is 8.54. The number of ether oxygens (including phenoxy) is 1. The molecule has 1 nitrogen and oxygen atoms in total. The summed E-state index contributed by atoms with van der Waals surface area (Å²) in [4.78, 5) is 0. The van der Waals surface area contributed by atoms with Crippen LogP contribution in [0.4, 0.5) is 0 Å². The molecule has 0 bridgehead atoms. The monoisotopic (exact) mass is 228 g/mol. The van der Waals surface area contributed by atoms with Crippen molar-refractivity contribution < 1.29 is 4.74 Å². The highest BCUT2D eigenvalue weighted by atomic mass is 16.5. The Hall–Kier alpha value is -1.60. The van der Waals surface area contributed by atoms with Crippen molar-refractivity contribution in [3.63, 3.8) is 0 Å². The molecule has 0 saturated heterocycles. The third kappa shape index (κ3) is 5.32. The van der Waals surface area contributed by atoms with Gasteiger partial charge in [-0.2, -0.15) is 0 Å². The number of hydrogen-bond acceptors (Lipinski definition) is 1.